The van der Waals surface area contributed by atoms with Crippen molar-refractivity contribution < 1.29 is 19.8 Å². The third kappa shape index (κ3) is 3.75. The smallest absolute Gasteiger partial charge is 0.247 e. The van der Waals surface area contributed by atoms with Crippen LogP contribution in [0.25, 0.3) is 0 Å². The van der Waals surface area contributed by atoms with Crippen molar-refractivity contribution in [3.05, 3.63) is 11.6 Å². The van der Waals surface area contributed by atoms with Gasteiger partial charge in [0.05, 0.1) is 30.7 Å². The standard InChI is InChI=1S/C11H16N4O4/c12-2-1-7(10(14)18)15-11(19)5-3-6(13)9(17)8(16)4-5/h3,6-9,16-17H,1,4,13H2,(H2,14,18)(H,15,19). The molecule has 19 heavy (non-hydrogen) atoms. The van der Waals surface area contributed by atoms with E-state index in [9.17, 15) is 19.8 Å². The van der Waals surface area contributed by atoms with Crippen LogP contribution in [0.4, 0.5) is 0 Å². The summed E-state index contributed by atoms with van der Waals surface area (Å²) in [4.78, 5) is 22.9. The van der Waals surface area contributed by atoms with Gasteiger partial charge in [-0.1, -0.05) is 6.08 Å². The van der Waals surface area contributed by atoms with Gasteiger partial charge in [0.2, 0.25) is 11.8 Å². The van der Waals surface area contributed by atoms with Crippen LogP contribution in [0.3, 0.4) is 0 Å². The molecule has 0 heterocycles. The van der Waals surface area contributed by atoms with Crippen LogP contribution in [0.1, 0.15) is 12.8 Å². The molecule has 0 aromatic rings. The van der Waals surface area contributed by atoms with Gasteiger partial charge in [-0.15, -0.1) is 0 Å². The molecule has 1 aliphatic rings. The van der Waals surface area contributed by atoms with Gasteiger partial charge in [0, 0.05) is 12.0 Å². The number of amides is 2. The van der Waals surface area contributed by atoms with E-state index in [1.807, 2.05) is 0 Å². The van der Waals surface area contributed by atoms with Gasteiger partial charge in [-0.05, 0) is 0 Å². The lowest BCUT2D eigenvalue weighted by Gasteiger charge is -2.28. The molecule has 8 heteroatoms. The van der Waals surface area contributed by atoms with Crippen molar-refractivity contribution in [2.24, 2.45) is 11.5 Å². The maximum atomic E-state index is 11.8. The molecule has 1 rings (SSSR count). The highest BCUT2D eigenvalue weighted by Crippen LogP contribution is 2.18. The fourth-order valence-electron chi connectivity index (χ4n) is 1.73. The Kier molecular flexibility index (Phi) is 5.00. The molecule has 4 atom stereocenters. The first kappa shape index (κ1) is 15.1. The Hall–Kier alpha value is -1.95. The quantitative estimate of drug-likeness (QED) is 0.371. The number of rotatable bonds is 4. The maximum absolute atomic E-state index is 11.8. The average molecular weight is 268 g/mol. The van der Waals surface area contributed by atoms with Crippen LogP contribution in [0.5, 0.6) is 0 Å². The number of nitrogens with zero attached hydrogens (tertiary/aromatic N) is 1. The molecule has 0 radical (unpaired) electrons. The highest BCUT2D eigenvalue weighted by Gasteiger charge is 2.31. The van der Waals surface area contributed by atoms with E-state index in [1.54, 1.807) is 6.07 Å². The molecule has 2 amide bonds. The molecule has 0 spiro atoms. The van der Waals surface area contributed by atoms with Crippen LogP contribution < -0.4 is 16.8 Å². The van der Waals surface area contributed by atoms with E-state index in [-0.39, 0.29) is 18.4 Å². The number of hydrogen-bond donors (Lipinski definition) is 5. The van der Waals surface area contributed by atoms with Gasteiger partial charge in [0.15, 0.2) is 0 Å². The highest BCUT2D eigenvalue weighted by atomic mass is 16.3. The summed E-state index contributed by atoms with van der Waals surface area (Å²) in [6.45, 7) is 0. The Bertz CT molecular complexity index is 442. The topological polar surface area (TPSA) is 162 Å². The molecule has 8 nitrogen and oxygen atoms in total. The lowest BCUT2D eigenvalue weighted by molar-refractivity contribution is -0.125. The molecule has 0 aromatic heterocycles. The van der Waals surface area contributed by atoms with Crippen LogP contribution >= 0.6 is 0 Å². The van der Waals surface area contributed by atoms with Crippen molar-refractivity contribution in [2.45, 2.75) is 37.1 Å². The van der Waals surface area contributed by atoms with Gasteiger partial charge in [0.25, 0.3) is 0 Å². The zero-order valence-corrected chi connectivity index (χ0v) is 10.1. The molecule has 1 aliphatic carbocycles. The Labute approximate surface area is 109 Å². The number of aliphatic hydroxyl groups excluding tert-OH is 2. The number of hydrogen-bond acceptors (Lipinski definition) is 6. The van der Waals surface area contributed by atoms with E-state index in [1.165, 1.54) is 6.08 Å². The van der Waals surface area contributed by atoms with Crippen LogP contribution in [-0.4, -0.2) is 46.3 Å². The fraction of sp³-hybridized carbons (Fsp3) is 0.545. The van der Waals surface area contributed by atoms with E-state index in [0.29, 0.717) is 0 Å². The SMILES string of the molecule is N#CCC(NC(=O)C1=CC(N)C(O)C(O)C1)C(N)=O. The van der Waals surface area contributed by atoms with Crippen molar-refractivity contribution >= 4 is 11.8 Å². The van der Waals surface area contributed by atoms with Crippen LogP contribution in [0.15, 0.2) is 11.6 Å². The Morgan fingerprint density at radius 3 is 2.68 bits per heavy atom. The van der Waals surface area contributed by atoms with Gasteiger partial charge >= 0.3 is 0 Å². The van der Waals surface area contributed by atoms with Gasteiger partial charge in [-0.3, -0.25) is 9.59 Å². The third-order valence-electron chi connectivity index (χ3n) is 2.85. The lowest BCUT2D eigenvalue weighted by atomic mass is 9.90. The van der Waals surface area contributed by atoms with E-state index >= 15 is 0 Å². The Morgan fingerprint density at radius 1 is 1.58 bits per heavy atom. The number of nitriles is 1. The molecule has 0 saturated carbocycles. The normalized spacial score (nSPS) is 27.9. The Balaban J connectivity index is 2.76. The first-order chi connectivity index (χ1) is 8.86. The maximum Gasteiger partial charge on any atom is 0.247 e. The second-order valence-electron chi connectivity index (χ2n) is 4.32. The summed E-state index contributed by atoms with van der Waals surface area (Å²) in [5, 5.41) is 29.8. The van der Waals surface area contributed by atoms with Gasteiger partial charge < -0.3 is 27.0 Å². The number of primary amides is 1. The minimum atomic E-state index is -1.15. The second-order valence-corrected chi connectivity index (χ2v) is 4.32. The lowest BCUT2D eigenvalue weighted by Crippen LogP contribution is -2.49. The first-order valence-corrected chi connectivity index (χ1v) is 5.66. The number of carbonyl (C=O) groups is 2. The summed E-state index contributed by atoms with van der Waals surface area (Å²) in [5.41, 5.74) is 10.7. The average Bonchev–Trinajstić information content (AvgIpc) is 2.34. The number of nitrogens with one attached hydrogen (secondary N) is 1. The van der Waals surface area contributed by atoms with Gasteiger partial charge in [-0.2, -0.15) is 5.26 Å². The molecule has 104 valence electrons. The first-order valence-electron chi connectivity index (χ1n) is 5.66. The summed E-state index contributed by atoms with van der Waals surface area (Å²) in [5.74, 6) is -1.46. The largest absolute Gasteiger partial charge is 0.390 e. The zero-order chi connectivity index (χ0) is 14.6. The predicted octanol–water partition coefficient (Wildman–Crippen LogP) is -2.75. The van der Waals surface area contributed by atoms with Crippen molar-refractivity contribution in [3.8, 4) is 6.07 Å². The molecule has 0 fully saturated rings. The minimum Gasteiger partial charge on any atom is -0.390 e. The summed E-state index contributed by atoms with van der Waals surface area (Å²) in [6.07, 6.45) is -1.30. The zero-order valence-electron chi connectivity index (χ0n) is 10.1. The minimum absolute atomic E-state index is 0.0846. The predicted molar refractivity (Wildman–Crippen MR) is 64.0 cm³/mol. The molecular formula is C11H16N4O4. The summed E-state index contributed by atoms with van der Waals surface area (Å²) in [7, 11) is 0. The molecule has 0 aliphatic heterocycles. The molecule has 7 N–H and O–H groups in total. The van der Waals surface area contributed by atoms with E-state index in [2.05, 4.69) is 5.32 Å². The number of carbonyl (C=O) groups excluding carboxylic acids is 2. The molecule has 4 unspecified atom stereocenters. The molecule has 0 bridgehead atoms. The highest BCUT2D eigenvalue weighted by molar-refractivity contribution is 5.97. The summed E-state index contributed by atoms with van der Waals surface area (Å²) in [6, 6.07) is -0.234. The summed E-state index contributed by atoms with van der Waals surface area (Å²) >= 11 is 0. The molecule has 0 saturated heterocycles. The van der Waals surface area contributed by atoms with Gasteiger partial charge in [0.1, 0.15) is 6.04 Å². The second kappa shape index (κ2) is 6.29. The molecular weight excluding hydrogens is 252 g/mol. The van der Waals surface area contributed by atoms with Crippen LogP contribution in [0.2, 0.25) is 0 Å². The van der Waals surface area contributed by atoms with E-state index in [4.69, 9.17) is 16.7 Å². The monoisotopic (exact) mass is 268 g/mol. The van der Waals surface area contributed by atoms with Crippen LogP contribution in [0, 0.1) is 11.3 Å². The Morgan fingerprint density at radius 2 is 2.21 bits per heavy atom. The molecule has 0 aromatic carbocycles. The van der Waals surface area contributed by atoms with Crippen molar-refractivity contribution in [3.63, 3.8) is 0 Å². The van der Waals surface area contributed by atoms with E-state index < -0.39 is 36.1 Å². The van der Waals surface area contributed by atoms with Crippen molar-refractivity contribution in [1.29, 1.82) is 5.26 Å². The van der Waals surface area contributed by atoms with E-state index in [0.717, 1.165) is 0 Å². The van der Waals surface area contributed by atoms with Crippen molar-refractivity contribution in [1.82, 2.24) is 5.32 Å². The van der Waals surface area contributed by atoms with Gasteiger partial charge in [-0.25, -0.2) is 0 Å². The summed E-state index contributed by atoms with van der Waals surface area (Å²) < 4.78 is 0. The number of nitrogens with two attached hydrogens (primary N) is 2. The fourth-order valence-corrected chi connectivity index (χ4v) is 1.73. The number of aliphatic hydroxyl groups is 2. The van der Waals surface area contributed by atoms with Crippen molar-refractivity contribution in [2.75, 3.05) is 0 Å². The van der Waals surface area contributed by atoms with Crippen LogP contribution in [-0.2, 0) is 9.59 Å². The third-order valence-corrected chi connectivity index (χ3v) is 2.85.